The van der Waals surface area contributed by atoms with Crippen molar-refractivity contribution < 1.29 is 5.11 Å². The lowest BCUT2D eigenvalue weighted by molar-refractivity contribution is 0.264. The SMILES string of the molecule is Cc1ccc2cc(C(N)CO)n(C)c2c1C. The van der Waals surface area contributed by atoms with Crippen molar-refractivity contribution in [3.8, 4) is 0 Å². The van der Waals surface area contributed by atoms with Crippen LogP contribution in [0.15, 0.2) is 18.2 Å². The Balaban J connectivity index is 2.74. The summed E-state index contributed by atoms with van der Waals surface area (Å²) in [7, 11) is 2.00. The average molecular weight is 218 g/mol. The Labute approximate surface area is 95.5 Å². The summed E-state index contributed by atoms with van der Waals surface area (Å²) in [5.41, 5.74) is 10.6. The van der Waals surface area contributed by atoms with Crippen LogP contribution >= 0.6 is 0 Å². The van der Waals surface area contributed by atoms with Gasteiger partial charge in [-0.1, -0.05) is 12.1 Å². The van der Waals surface area contributed by atoms with Crippen molar-refractivity contribution in [1.82, 2.24) is 4.57 Å². The number of rotatable bonds is 2. The van der Waals surface area contributed by atoms with Gasteiger partial charge < -0.3 is 15.4 Å². The Hall–Kier alpha value is -1.32. The second-order valence-corrected chi connectivity index (χ2v) is 4.36. The topological polar surface area (TPSA) is 51.2 Å². The second-order valence-electron chi connectivity index (χ2n) is 4.36. The van der Waals surface area contributed by atoms with Crippen LogP contribution in [0.1, 0.15) is 22.9 Å². The first-order valence-electron chi connectivity index (χ1n) is 5.48. The number of hydrogen-bond donors (Lipinski definition) is 2. The Morgan fingerprint density at radius 3 is 2.69 bits per heavy atom. The molecule has 3 N–H and O–H groups in total. The van der Waals surface area contributed by atoms with Gasteiger partial charge in [0.1, 0.15) is 0 Å². The molecule has 0 bridgehead atoms. The summed E-state index contributed by atoms with van der Waals surface area (Å²) >= 11 is 0. The van der Waals surface area contributed by atoms with Gasteiger partial charge in [-0.05, 0) is 31.0 Å². The zero-order valence-corrected chi connectivity index (χ0v) is 9.99. The summed E-state index contributed by atoms with van der Waals surface area (Å²) in [5, 5.41) is 10.3. The van der Waals surface area contributed by atoms with E-state index in [-0.39, 0.29) is 12.6 Å². The van der Waals surface area contributed by atoms with Crippen molar-refractivity contribution in [3.63, 3.8) is 0 Å². The highest BCUT2D eigenvalue weighted by Crippen LogP contribution is 2.26. The molecule has 1 heterocycles. The lowest BCUT2D eigenvalue weighted by Gasteiger charge is -2.11. The monoisotopic (exact) mass is 218 g/mol. The molecule has 0 spiro atoms. The van der Waals surface area contributed by atoms with Crippen LogP contribution in [-0.4, -0.2) is 16.3 Å². The molecular formula is C13H18N2O. The van der Waals surface area contributed by atoms with E-state index in [0.29, 0.717) is 0 Å². The minimum Gasteiger partial charge on any atom is -0.394 e. The Morgan fingerprint density at radius 2 is 2.06 bits per heavy atom. The van der Waals surface area contributed by atoms with Crippen LogP contribution in [0.3, 0.4) is 0 Å². The number of aliphatic hydroxyl groups is 1. The molecule has 16 heavy (non-hydrogen) atoms. The highest BCUT2D eigenvalue weighted by atomic mass is 16.3. The molecule has 1 aromatic heterocycles. The fourth-order valence-corrected chi connectivity index (χ4v) is 2.22. The molecule has 0 radical (unpaired) electrons. The number of aromatic nitrogens is 1. The van der Waals surface area contributed by atoms with Gasteiger partial charge in [0.25, 0.3) is 0 Å². The first-order valence-corrected chi connectivity index (χ1v) is 5.48. The summed E-state index contributed by atoms with van der Waals surface area (Å²) in [6.07, 6.45) is 0. The van der Waals surface area contributed by atoms with Gasteiger partial charge >= 0.3 is 0 Å². The molecule has 0 amide bonds. The number of aryl methyl sites for hydroxylation is 3. The number of fused-ring (bicyclic) bond motifs is 1. The van der Waals surface area contributed by atoms with E-state index in [9.17, 15) is 0 Å². The van der Waals surface area contributed by atoms with Crippen LogP contribution in [0.2, 0.25) is 0 Å². The molecule has 2 aromatic rings. The molecule has 3 nitrogen and oxygen atoms in total. The third-order valence-electron chi connectivity index (χ3n) is 3.34. The number of nitrogens with two attached hydrogens (primary N) is 1. The molecule has 1 atom stereocenters. The first-order chi connectivity index (χ1) is 7.56. The minimum absolute atomic E-state index is 0.0256. The number of benzene rings is 1. The standard InChI is InChI=1S/C13H18N2O/c1-8-4-5-10-6-12(11(14)7-16)15(3)13(10)9(8)2/h4-6,11,16H,7,14H2,1-3H3. The number of nitrogens with zero attached hydrogens (tertiary/aromatic N) is 1. The lowest BCUT2D eigenvalue weighted by Crippen LogP contribution is -2.17. The minimum atomic E-state index is -0.308. The van der Waals surface area contributed by atoms with E-state index >= 15 is 0 Å². The summed E-state index contributed by atoms with van der Waals surface area (Å²) < 4.78 is 2.08. The number of aliphatic hydroxyl groups excluding tert-OH is 1. The van der Waals surface area contributed by atoms with Crippen LogP contribution in [-0.2, 0) is 7.05 Å². The quantitative estimate of drug-likeness (QED) is 0.807. The van der Waals surface area contributed by atoms with Gasteiger partial charge in [0.2, 0.25) is 0 Å². The van der Waals surface area contributed by atoms with Crippen molar-refractivity contribution in [2.24, 2.45) is 12.8 Å². The van der Waals surface area contributed by atoms with E-state index in [1.807, 2.05) is 7.05 Å². The Bertz CT molecular complexity index is 528. The maximum Gasteiger partial charge on any atom is 0.0685 e. The largest absolute Gasteiger partial charge is 0.394 e. The van der Waals surface area contributed by atoms with Gasteiger partial charge in [-0.2, -0.15) is 0 Å². The van der Waals surface area contributed by atoms with E-state index in [1.54, 1.807) is 0 Å². The van der Waals surface area contributed by atoms with E-state index in [2.05, 4.69) is 36.6 Å². The van der Waals surface area contributed by atoms with E-state index in [4.69, 9.17) is 10.8 Å². The molecule has 0 aliphatic carbocycles. The molecule has 1 unspecified atom stereocenters. The van der Waals surface area contributed by atoms with Crippen LogP contribution in [0.25, 0.3) is 10.9 Å². The van der Waals surface area contributed by atoms with Gasteiger partial charge in [0.05, 0.1) is 18.2 Å². The van der Waals surface area contributed by atoms with Crippen molar-refractivity contribution in [1.29, 1.82) is 0 Å². The molecular weight excluding hydrogens is 200 g/mol. The van der Waals surface area contributed by atoms with E-state index in [1.165, 1.54) is 22.0 Å². The molecule has 0 fully saturated rings. The fourth-order valence-electron chi connectivity index (χ4n) is 2.22. The van der Waals surface area contributed by atoms with Gasteiger partial charge in [-0.15, -0.1) is 0 Å². The predicted octanol–water partition coefficient (Wildman–Crippen LogP) is 1.79. The Kier molecular flexibility index (Phi) is 2.74. The lowest BCUT2D eigenvalue weighted by atomic mass is 10.1. The molecule has 0 saturated carbocycles. The highest BCUT2D eigenvalue weighted by molar-refractivity contribution is 5.85. The Morgan fingerprint density at radius 1 is 1.38 bits per heavy atom. The summed E-state index contributed by atoms with van der Waals surface area (Å²) in [4.78, 5) is 0. The molecule has 3 heteroatoms. The molecule has 0 aliphatic rings. The smallest absolute Gasteiger partial charge is 0.0685 e. The molecule has 2 rings (SSSR count). The zero-order valence-electron chi connectivity index (χ0n) is 9.99. The van der Waals surface area contributed by atoms with Gasteiger partial charge in [0, 0.05) is 18.1 Å². The van der Waals surface area contributed by atoms with Crippen LogP contribution < -0.4 is 5.73 Å². The molecule has 86 valence electrons. The van der Waals surface area contributed by atoms with Gasteiger partial charge in [-0.25, -0.2) is 0 Å². The predicted molar refractivity (Wildman–Crippen MR) is 66.4 cm³/mol. The highest BCUT2D eigenvalue weighted by Gasteiger charge is 2.13. The molecule has 1 aromatic carbocycles. The normalized spacial score (nSPS) is 13.3. The molecule has 0 saturated heterocycles. The van der Waals surface area contributed by atoms with Crippen molar-refractivity contribution in [2.45, 2.75) is 19.9 Å². The van der Waals surface area contributed by atoms with Crippen molar-refractivity contribution >= 4 is 10.9 Å². The summed E-state index contributed by atoms with van der Waals surface area (Å²) in [5.74, 6) is 0. The van der Waals surface area contributed by atoms with Crippen LogP contribution in [0, 0.1) is 13.8 Å². The van der Waals surface area contributed by atoms with E-state index in [0.717, 1.165) is 5.69 Å². The summed E-state index contributed by atoms with van der Waals surface area (Å²) in [6, 6.07) is 5.97. The maximum atomic E-state index is 9.12. The van der Waals surface area contributed by atoms with Crippen LogP contribution in [0.5, 0.6) is 0 Å². The summed E-state index contributed by atoms with van der Waals surface area (Å²) in [6.45, 7) is 4.20. The third-order valence-corrected chi connectivity index (χ3v) is 3.34. The second kappa shape index (κ2) is 3.92. The van der Waals surface area contributed by atoms with Gasteiger partial charge in [0.15, 0.2) is 0 Å². The van der Waals surface area contributed by atoms with E-state index < -0.39 is 0 Å². The molecule has 0 aliphatic heterocycles. The third kappa shape index (κ3) is 1.52. The number of hydrogen-bond acceptors (Lipinski definition) is 2. The first kappa shape index (κ1) is 11.2. The van der Waals surface area contributed by atoms with Gasteiger partial charge in [-0.3, -0.25) is 0 Å². The zero-order chi connectivity index (χ0) is 11.9. The fraction of sp³-hybridized carbons (Fsp3) is 0.385. The van der Waals surface area contributed by atoms with Crippen molar-refractivity contribution in [3.05, 3.63) is 35.0 Å². The average Bonchev–Trinajstić information content (AvgIpc) is 2.61. The van der Waals surface area contributed by atoms with Crippen molar-refractivity contribution in [2.75, 3.05) is 6.61 Å². The maximum absolute atomic E-state index is 9.12. The van der Waals surface area contributed by atoms with Crippen LogP contribution in [0.4, 0.5) is 0 Å².